The van der Waals surface area contributed by atoms with E-state index in [1.165, 1.54) is 13.2 Å². The summed E-state index contributed by atoms with van der Waals surface area (Å²) in [4.78, 5) is 29.1. The molecule has 3 aromatic carbocycles. The van der Waals surface area contributed by atoms with Crippen molar-refractivity contribution in [3.05, 3.63) is 92.3 Å². The fourth-order valence-corrected chi connectivity index (χ4v) is 8.00. The molecule has 43 heavy (non-hydrogen) atoms. The highest BCUT2D eigenvalue weighted by atomic mass is 35.5. The SMILES string of the molecule is C.COC(=O)c1cc2nn3c(c2cc1C)C[C@H]1[C@@H]3[C@H](c2cccc(Cl)c2F)[C@]2(C(=O)Nc3cc(Cl)ccc32)N1CC(C)C. The summed E-state index contributed by atoms with van der Waals surface area (Å²) in [5, 5.41) is 9.53. The molecule has 224 valence electrons. The van der Waals surface area contributed by atoms with E-state index in [1.807, 2.05) is 23.7 Å². The molecule has 0 bridgehead atoms. The molecular weight excluding hydrogens is 590 g/mol. The third-order valence-electron chi connectivity index (χ3n) is 9.14. The molecule has 0 saturated carbocycles. The molecule has 1 N–H and O–H groups in total. The van der Waals surface area contributed by atoms with Crippen LogP contribution in [-0.2, 0) is 21.5 Å². The molecule has 1 amide bonds. The lowest BCUT2D eigenvalue weighted by Crippen LogP contribution is -2.53. The lowest BCUT2D eigenvalue weighted by atomic mass is 9.73. The molecule has 4 aromatic rings. The molecular formula is C33H33Cl2FN4O3. The van der Waals surface area contributed by atoms with Crippen molar-refractivity contribution in [3.63, 3.8) is 0 Å². The predicted octanol–water partition coefficient (Wildman–Crippen LogP) is 7.28. The molecule has 1 aromatic heterocycles. The van der Waals surface area contributed by atoms with Crippen molar-refractivity contribution in [1.29, 1.82) is 0 Å². The summed E-state index contributed by atoms with van der Waals surface area (Å²) in [6.07, 6.45) is 0.599. The maximum absolute atomic E-state index is 16.1. The molecule has 1 fully saturated rings. The van der Waals surface area contributed by atoms with Gasteiger partial charge in [-0.25, -0.2) is 9.18 Å². The van der Waals surface area contributed by atoms with E-state index in [0.29, 0.717) is 40.3 Å². The van der Waals surface area contributed by atoms with Crippen molar-refractivity contribution >= 4 is 51.7 Å². The van der Waals surface area contributed by atoms with Gasteiger partial charge in [0.25, 0.3) is 0 Å². The zero-order valence-corrected chi connectivity index (χ0v) is 25.1. The van der Waals surface area contributed by atoms with Crippen LogP contribution in [-0.4, -0.2) is 46.3 Å². The highest BCUT2D eigenvalue weighted by molar-refractivity contribution is 6.31. The van der Waals surface area contributed by atoms with Gasteiger partial charge in [-0.3, -0.25) is 14.4 Å². The number of nitrogens with one attached hydrogen (secondary N) is 1. The Balaban J connectivity index is 0.00000329. The summed E-state index contributed by atoms with van der Waals surface area (Å²) in [6, 6.07) is 13.6. The molecule has 10 heteroatoms. The fraction of sp³-hybridized carbons (Fsp3) is 0.364. The number of hydrogen-bond donors (Lipinski definition) is 1. The van der Waals surface area contributed by atoms with E-state index in [0.717, 1.165) is 22.2 Å². The first kappa shape index (κ1) is 29.6. The number of rotatable bonds is 4. The number of benzene rings is 3. The van der Waals surface area contributed by atoms with Gasteiger partial charge in [0, 0.05) is 52.3 Å². The third kappa shape index (κ3) is 3.99. The van der Waals surface area contributed by atoms with Crippen molar-refractivity contribution in [2.24, 2.45) is 5.92 Å². The van der Waals surface area contributed by atoms with E-state index in [1.54, 1.807) is 30.3 Å². The van der Waals surface area contributed by atoms with Crippen LogP contribution >= 0.6 is 23.2 Å². The molecule has 4 atom stereocenters. The smallest absolute Gasteiger partial charge is 0.338 e. The Morgan fingerprint density at radius 3 is 2.70 bits per heavy atom. The zero-order valence-electron chi connectivity index (χ0n) is 23.5. The molecule has 7 rings (SSSR count). The summed E-state index contributed by atoms with van der Waals surface area (Å²) in [6.45, 7) is 6.71. The first-order chi connectivity index (χ1) is 20.1. The van der Waals surface area contributed by atoms with Crippen molar-refractivity contribution in [2.75, 3.05) is 19.0 Å². The highest BCUT2D eigenvalue weighted by Gasteiger charge is 2.69. The number of amides is 1. The maximum Gasteiger partial charge on any atom is 0.338 e. The van der Waals surface area contributed by atoms with Gasteiger partial charge in [-0.2, -0.15) is 5.10 Å². The van der Waals surface area contributed by atoms with E-state index in [9.17, 15) is 9.59 Å². The number of aryl methyl sites for hydroxylation is 1. The summed E-state index contributed by atoms with van der Waals surface area (Å²) < 4.78 is 23.1. The summed E-state index contributed by atoms with van der Waals surface area (Å²) in [7, 11) is 1.35. The first-order valence-corrected chi connectivity index (χ1v) is 14.8. The molecule has 0 radical (unpaired) electrons. The Kier molecular flexibility index (Phi) is 7.11. The summed E-state index contributed by atoms with van der Waals surface area (Å²) in [5.41, 5.74) is 3.40. The van der Waals surface area contributed by atoms with Crippen molar-refractivity contribution in [1.82, 2.24) is 14.7 Å². The van der Waals surface area contributed by atoms with Crippen LogP contribution in [0.25, 0.3) is 10.9 Å². The van der Waals surface area contributed by atoms with Crippen LogP contribution in [0.2, 0.25) is 10.0 Å². The number of anilines is 1. The summed E-state index contributed by atoms with van der Waals surface area (Å²) >= 11 is 12.7. The van der Waals surface area contributed by atoms with Crippen LogP contribution in [0.5, 0.6) is 0 Å². The van der Waals surface area contributed by atoms with Gasteiger partial charge in [0.05, 0.1) is 29.3 Å². The van der Waals surface area contributed by atoms with E-state index in [4.69, 9.17) is 33.0 Å². The number of esters is 1. The second kappa shape index (κ2) is 10.3. The quantitative estimate of drug-likeness (QED) is 0.242. The minimum atomic E-state index is -1.23. The van der Waals surface area contributed by atoms with Gasteiger partial charge in [-0.1, -0.05) is 62.7 Å². The number of methoxy groups -OCH3 is 1. The number of likely N-dealkylation sites (tertiary alicyclic amines) is 1. The lowest BCUT2D eigenvalue weighted by molar-refractivity contribution is -0.128. The monoisotopic (exact) mass is 622 g/mol. The van der Waals surface area contributed by atoms with Crippen LogP contribution in [0.15, 0.2) is 48.5 Å². The van der Waals surface area contributed by atoms with Gasteiger partial charge in [-0.05, 0) is 54.3 Å². The van der Waals surface area contributed by atoms with Gasteiger partial charge in [-0.15, -0.1) is 0 Å². The number of ether oxygens (including phenoxy) is 1. The third-order valence-corrected chi connectivity index (χ3v) is 9.67. The van der Waals surface area contributed by atoms with E-state index in [-0.39, 0.29) is 30.3 Å². The largest absolute Gasteiger partial charge is 0.465 e. The van der Waals surface area contributed by atoms with Gasteiger partial charge in [0.1, 0.15) is 11.4 Å². The number of hydrogen-bond acceptors (Lipinski definition) is 5. The fourth-order valence-electron chi connectivity index (χ4n) is 7.65. The average molecular weight is 624 g/mol. The van der Waals surface area contributed by atoms with Crippen LogP contribution in [0.3, 0.4) is 0 Å². The van der Waals surface area contributed by atoms with Gasteiger partial charge in [0.2, 0.25) is 5.91 Å². The Morgan fingerprint density at radius 1 is 1.21 bits per heavy atom. The molecule has 3 aliphatic heterocycles. The molecule has 1 spiro atoms. The Bertz CT molecular complexity index is 1820. The van der Waals surface area contributed by atoms with Gasteiger partial charge < -0.3 is 10.1 Å². The van der Waals surface area contributed by atoms with Crippen molar-refractivity contribution < 1.29 is 18.7 Å². The van der Waals surface area contributed by atoms with E-state index >= 15 is 4.39 Å². The number of nitrogens with zero attached hydrogens (tertiary/aromatic N) is 3. The van der Waals surface area contributed by atoms with E-state index in [2.05, 4.69) is 24.1 Å². The molecule has 4 heterocycles. The number of carbonyl (C=O) groups is 2. The summed E-state index contributed by atoms with van der Waals surface area (Å²) in [5.74, 6) is -1.65. The second-order valence-corrected chi connectivity index (χ2v) is 12.8. The number of carbonyl (C=O) groups excluding carboxylic acids is 2. The zero-order chi connectivity index (χ0) is 29.7. The first-order valence-electron chi connectivity index (χ1n) is 14.0. The predicted molar refractivity (Wildman–Crippen MR) is 167 cm³/mol. The number of halogens is 3. The van der Waals surface area contributed by atoms with Crippen molar-refractivity contribution in [3.8, 4) is 0 Å². The molecule has 3 aliphatic rings. The molecule has 7 nitrogen and oxygen atoms in total. The van der Waals surface area contributed by atoms with Crippen molar-refractivity contribution in [2.45, 2.75) is 58.2 Å². The minimum Gasteiger partial charge on any atom is -0.465 e. The highest BCUT2D eigenvalue weighted by Crippen LogP contribution is 2.63. The molecule has 1 saturated heterocycles. The molecule has 0 aliphatic carbocycles. The topological polar surface area (TPSA) is 76.5 Å². The number of aromatic nitrogens is 2. The van der Waals surface area contributed by atoms with E-state index < -0.39 is 29.3 Å². The Labute approximate surface area is 259 Å². The lowest BCUT2D eigenvalue weighted by Gasteiger charge is -2.40. The van der Waals surface area contributed by atoms with Crippen LogP contribution < -0.4 is 5.32 Å². The van der Waals surface area contributed by atoms with Crippen LogP contribution in [0.4, 0.5) is 10.1 Å². The standard InChI is InChI=1S/C32H29Cl2FN4O3.CH4/c1-15(2)14-38-26-13-25-20-10-16(3)19(30(40)42-4)12-23(20)37-39(25)29(26)27(18-6-5-7-22(34)28(18)35)32(38)21-9-8-17(33)11-24(21)36-31(32)41;/h5-12,15,26-27,29H,13-14H2,1-4H3,(H,36,41);1H4/t26-,27-,29+,32+;/m0./s1. The van der Waals surface area contributed by atoms with Gasteiger partial charge in [0.15, 0.2) is 0 Å². The van der Waals surface area contributed by atoms with Gasteiger partial charge >= 0.3 is 5.97 Å². The normalized spacial score (nSPS) is 23.8. The molecule has 0 unspecified atom stereocenters. The Hall–Kier alpha value is -3.46. The average Bonchev–Trinajstić information content (AvgIpc) is 3.63. The van der Waals surface area contributed by atoms with Crippen LogP contribution in [0.1, 0.15) is 66.0 Å². The Morgan fingerprint density at radius 2 is 1.98 bits per heavy atom. The number of fused-ring (bicyclic) bond motifs is 7. The second-order valence-electron chi connectivity index (χ2n) is 11.9. The maximum atomic E-state index is 16.1. The van der Waals surface area contributed by atoms with Crippen LogP contribution in [0, 0.1) is 18.7 Å². The minimum absolute atomic E-state index is 0.